The van der Waals surface area contributed by atoms with Gasteiger partial charge in [-0.1, -0.05) is 49.0 Å². The second-order valence-electron chi connectivity index (χ2n) is 6.36. The molecular weight excluding hydrogens is 346 g/mol. The highest BCUT2D eigenvalue weighted by atomic mass is 32.2. The summed E-state index contributed by atoms with van der Waals surface area (Å²) in [6.45, 7) is 6.58. The van der Waals surface area contributed by atoms with Crippen LogP contribution in [0.25, 0.3) is 5.78 Å². The first-order chi connectivity index (χ1) is 12.5. The number of carbonyl (C=O) groups excluding carboxylic acids is 1. The monoisotopic (exact) mass is 369 g/mol. The average Bonchev–Trinajstić information content (AvgIpc) is 3.07. The van der Waals surface area contributed by atoms with Crippen LogP contribution >= 0.6 is 11.8 Å². The van der Waals surface area contributed by atoms with Crippen LogP contribution in [0.1, 0.15) is 35.4 Å². The summed E-state index contributed by atoms with van der Waals surface area (Å²) in [7, 11) is 0. The lowest BCUT2D eigenvalue weighted by Crippen LogP contribution is -2.29. The molecule has 6 nitrogen and oxygen atoms in total. The molecule has 3 aromatic rings. The van der Waals surface area contributed by atoms with Crippen LogP contribution in [0, 0.1) is 13.8 Å². The standard InChI is InChI=1S/C19H23N5OS/c1-12(15-8-6-5-7-9-15)11-20-17(25)10-16-13(2)21-18-22-19(26-4)23-24(18)14(16)3/h5-9,12H,10-11H2,1-4H3,(H,20,25). The van der Waals surface area contributed by atoms with Crippen molar-refractivity contribution >= 4 is 23.4 Å². The van der Waals surface area contributed by atoms with E-state index in [2.05, 4.69) is 39.4 Å². The highest BCUT2D eigenvalue weighted by Crippen LogP contribution is 2.17. The Kier molecular flexibility index (Phi) is 5.56. The molecule has 0 saturated carbocycles. The molecule has 1 unspecified atom stereocenters. The summed E-state index contributed by atoms with van der Waals surface area (Å²) in [5, 5.41) is 8.14. The van der Waals surface area contributed by atoms with Crippen LogP contribution in [-0.2, 0) is 11.2 Å². The van der Waals surface area contributed by atoms with Crippen LogP contribution in [0.5, 0.6) is 0 Å². The number of fused-ring (bicyclic) bond motifs is 1. The summed E-state index contributed by atoms with van der Waals surface area (Å²) in [6.07, 6.45) is 2.22. The van der Waals surface area contributed by atoms with Crippen molar-refractivity contribution in [2.24, 2.45) is 0 Å². The molecule has 0 bridgehead atoms. The molecule has 136 valence electrons. The van der Waals surface area contributed by atoms with Gasteiger partial charge in [0.15, 0.2) is 0 Å². The van der Waals surface area contributed by atoms with E-state index in [1.54, 1.807) is 4.52 Å². The Hall–Kier alpha value is -2.41. The van der Waals surface area contributed by atoms with Crippen molar-refractivity contribution in [1.29, 1.82) is 0 Å². The fourth-order valence-electron chi connectivity index (χ4n) is 2.92. The number of benzene rings is 1. The van der Waals surface area contributed by atoms with Crippen LogP contribution in [0.3, 0.4) is 0 Å². The van der Waals surface area contributed by atoms with E-state index in [9.17, 15) is 4.79 Å². The molecule has 7 heteroatoms. The summed E-state index contributed by atoms with van der Waals surface area (Å²) in [5.74, 6) is 0.832. The first-order valence-corrected chi connectivity index (χ1v) is 9.80. The molecule has 0 spiro atoms. The predicted molar refractivity (Wildman–Crippen MR) is 104 cm³/mol. The molecule has 0 fully saturated rings. The number of thioether (sulfide) groups is 1. The van der Waals surface area contributed by atoms with Crippen LogP contribution in [0.15, 0.2) is 35.5 Å². The van der Waals surface area contributed by atoms with E-state index in [0.29, 0.717) is 17.5 Å². The molecule has 2 heterocycles. The van der Waals surface area contributed by atoms with Gasteiger partial charge in [0.05, 0.1) is 6.42 Å². The molecule has 0 aliphatic carbocycles. The van der Waals surface area contributed by atoms with Crippen molar-refractivity contribution in [2.45, 2.75) is 38.3 Å². The van der Waals surface area contributed by atoms with Gasteiger partial charge >= 0.3 is 0 Å². The van der Waals surface area contributed by atoms with Crippen LogP contribution in [0.2, 0.25) is 0 Å². The molecule has 0 radical (unpaired) electrons. The van der Waals surface area contributed by atoms with Gasteiger partial charge in [0.2, 0.25) is 11.1 Å². The maximum atomic E-state index is 12.5. The predicted octanol–water partition coefficient (Wildman–Crippen LogP) is 2.93. The second-order valence-corrected chi connectivity index (χ2v) is 7.14. The highest BCUT2D eigenvalue weighted by Gasteiger charge is 2.16. The number of amides is 1. The Bertz CT molecular complexity index is 923. The molecule has 1 aromatic carbocycles. The Balaban J connectivity index is 1.71. The number of rotatable bonds is 6. The highest BCUT2D eigenvalue weighted by molar-refractivity contribution is 7.98. The lowest BCUT2D eigenvalue weighted by atomic mass is 10.0. The van der Waals surface area contributed by atoms with E-state index in [4.69, 9.17) is 0 Å². The van der Waals surface area contributed by atoms with Gasteiger partial charge in [0, 0.05) is 23.5 Å². The lowest BCUT2D eigenvalue weighted by molar-refractivity contribution is -0.120. The Labute approximate surface area is 157 Å². The SMILES string of the molecule is CSc1nc2nc(C)c(CC(=O)NCC(C)c3ccccc3)c(C)n2n1. The Morgan fingerprint density at radius 1 is 1.23 bits per heavy atom. The summed E-state index contributed by atoms with van der Waals surface area (Å²) in [4.78, 5) is 21.3. The number of hydrogen-bond donors (Lipinski definition) is 1. The van der Waals surface area contributed by atoms with E-state index < -0.39 is 0 Å². The number of nitrogens with one attached hydrogen (secondary N) is 1. The van der Waals surface area contributed by atoms with Crippen molar-refractivity contribution in [2.75, 3.05) is 12.8 Å². The maximum absolute atomic E-state index is 12.5. The molecule has 1 atom stereocenters. The second kappa shape index (κ2) is 7.86. The summed E-state index contributed by atoms with van der Waals surface area (Å²) >= 11 is 1.48. The third-order valence-electron chi connectivity index (χ3n) is 4.52. The topological polar surface area (TPSA) is 72.2 Å². The molecule has 0 aliphatic heterocycles. The van der Waals surface area contributed by atoms with Gasteiger partial charge in [0.1, 0.15) is 0 Å². The van der Waals surface area contributed by atoms with E-state index in [1.165, 1.54) is 17.3 Å². The number of aromatic nitrogens is 4. The normalized spacial score (nSPS) is 12.3. The van der Waals surface area contributed by atoms with Gasteiger partial charge in [-0.3, -0.25) is 4.79 Å². The zero-order chi connectivity index (χ0) is 18.7. The average molecular weight is 369 g/mol. The smallest absolute Gasteiger partial charge is 0.253 e. The fourth-order valence-corrected chi connectivity index (χ4v) is 3.26. The van der Waals surface area contributed by atoms with Crippen LogP contribution < -0.4 is 5.32 Å². The Morgan fingerprint density at radius 2 is 1.96 bits per heavy atom. The molecule has 1 amide bonds. The van der Waals surface area contributed by atoms with E-state index >= 15 is 0 Å². The van der Waals surface area contributed by atoms with Crippen LogP contribution in [0.4, 0.5) is 0 Å². The molecular formula is C19H23N5OS. The lowest BCUT2D eigenvalue weighted by Gasteiger charge is -2.14. The van der Waals surface area contributed by atoms with Crippen molar-refractivity contribution in [3.05, 3.63) is 52.8 Å². The van der Waals surface area contributed by atoms with E-state index in [0.717, 1.165) is 17.0 Å². The molecule has 3 rings (SSSR count). The molecule has 2 aromatic heterocycles. The minimum atomic E-state index is -0.00895. The summed E-state index contributed by atoms with van der Waals surface area (Å²) in [5.41, 5.74) is 3.85. The van der Waals surface area contributed by atoms with Crippen molar-refractivity contribution in [3.8, 4) is 0 Å². The van der Waals surface area contributed by atoms with E-state index in [1.807, 2.05) is 38.3 Å². The van der Waals surface area contributed by atoms with Crippen molar-refractivity contribution < 1.29 is 4.79 Å². The van der Waals surface area contributed by atoms with Gasteiger partial charge in [-0.25, -0.2) is 9.50 Å². The van der Waals surface area contributed by atoms with Crippen LogP contribution in [-0.4, -0.2) is 38.3 Å². The number of nitrogens with zero attached hydrogens (tertiary/aromatic N) is 4. The van der Waals surface area contributed by atoms with Gasteiger partial charge in [-0.05, 0) is 31.6 Å². The number of carbonyl (C=O) groups is 1. The largest absolute Gasteiger partial charge is 0.355 e. The molecule has 26 heavy (non-hydrogen) atoms. The summed E-state index contributed by atoms with van der Waals surface area (Å²) in [6, 6.07) is 10.2. The van der Waals surface area contributed by atoms with Gasteiger partial charge in [-0.2, -0.15) is 4.98 Å². The summed E-state index contributed by atoms with van der Waals surface area (Å²) < 4.78 is 1.72. The fraction of sp³-hybridized carbons (Fsp3) is 0.368. The quantitative estimate of drug-likeness (QED) is 0.677. The maximum Gasteiger partial charge on any atom is 0.253 e. The number of hydrogen-bond acceptors (Lipinski definition) is 5. The van der Waals surface area contributed by atoms with Gasteiger partial charge in [-0.15, -0.1) is 5.10 Å². The molecule has 0 saturated heterocycles. The zero-order valence-electron chi connectivity index (χ0n) is 15.5. The Morgan fingerprint density at radius 3 is 2.65 bits per heavy atom. The first kappa shape index (κ1) is 18.4. The number of aryl methyl sites for hydroxylation is 2. The third-order valence-corrected chi connectivity index (χ3v) is 5.06. The first-order valence-electron chi connectivity index (χ1n) is 8.58. The van der Waals surface area contributed by atoms with E-state index in [-0.39, 0.29) is 18.2 Å². The van der Waals surface area contributed by atoms with Gasteiger partial charge < -0.3 is 5.32 Å². The zero-order valence-corrected chi connectivity index (χ0v) is 16.3. The minimum Gasteiger partial charge on any atom is -0.355 e. The third kappa shape index (κ3) is 3.88. The van der Waals surface area contributed by atoms with Crippen molar-refractivity contribution in [1.82, 2.24) is 24.9 Å². The van der Waals surface area contributed by atoms with Gasteiger partial charge in [0.25, 0.3) is 5.78 Å². The molecule has 0 aliphatic rings. The molecule has 1 N–H and O–H groups in total. The van der Waals surface area contributed by atoms with Crippen molar-refractivity contribution in [3.63, 3.8) is 0 Å². The minimum absolute atomic E-state index is 0.00895.